The van der Waals surface area contributed by atoms with E-state index >= 15 is 0 Å². The van der Waals surface area contributed by atoms with Crippen molar-refractivity contribution in [2.24, 2.45) is 17.8 Å². The van der Waals surface area contributed by atoms with Crippen molar-refractivity contribution in [3.05, 3.63) is 0 Å². The van der Waals surface area contributed by atoms with Gasteiger partial charge < -0.3 is 19.0 Å². The van der Waals surface area contributed by atoms with E-state index < -0.39 is 12.2 Å². The first-order chi connectivity index (χ1) is 22.0. The zero-order chi connectivity index (χ0) is 33.0. The Morgan fingerprint density at radius 3 is 1.47 bits per heavy atom. The van der Waals surface area contributed by atoms with Crippen molar-refractivity contribution in [3.63, 3.8) is 0 Å². The van der Waals surface area contributed by atoms with Crippen molar-refractivity contribution in [2.45, 2.75) is 200 Å². The Morgan fingerprint density at radius 2 is 1.02 bits per heavy atom. The average molecular weight is 637 g/mol. The number of hydrogen-bond acceptors (Lipinski definition) is 6. The Kier molecular flexibility index (Phi) is 26.6. The summed E-state index contributed by atoms with van der Waals surface area (Å²) in [7, 11) is 0. The van der Waals surface area contributed by atoms with Crippen molar-refractivity contribution < 1.29 is 28.6 Å². The summed E-state index contributed by atoms with van der Waals surface area (Å²) in [5, 5.41) is 0. The Morgan fingerprint density at radius 1 is 0.622 bits per heavy atom. The van der Waals surface area contributed by atoms with E-state index in [0.717, 1.165) is 89.8 Å². The molecule has 0 bridgehead atoms. The standard InChI is InChI=1S/C39H72O6/c1-5-9-13-17-19-23-26-33(25-21-15-11-7-3)38(41)44-32-36-37(35(29-30-40)31-43-36)45-39(42)34(27-22-16-12-8-4)28-24-20-18-14-10-6-2/h30,33-37H,5-29,31-32H2,1-4H3/t33?,34?,35?,36-,37+/m1/s1. The molecule has 6 heteroatoms. The highest BCUT2D eigenvalue weighted by molar-refractivity contribution is 5.73. The van der Waals surface area contributed by atoms with Crippen LogP contribution in [0.2, 0.25) is 0 Å². The number of carbonyl (C=O) groups is 3. The maximum absolute atomic E-state index is 13.6. The number of esters is 2. The van der Waals surface area contributed by atoms with Gasteiger partial charge in [0.15, 0.2) is 0 Å². The molecule has 1 heterocycles. The van der Waals surface area contributed by atoms with E-state index in [1.54, 1.807) is 0 Å². The molecule has 1 fully saturated rings. The molecule has 0 aromatic heterocycles. The third kappa shape index (κ3) is 19.7. The van der Waals surface area contributed by atoms with Gasteiger partial charge in [0, 0.05) is 12.3 Å². The van der Waals surface area contributed by atoms with E-state index in [4.69, 9.17) is 14.2 Å². The van der Waals surface area contributed by atoms with Crippen molar-refractivity contribution in [1.29, 1.82) is 0 Å². The second-order valence-electron chi connectivity index (χ2n) is 13.8. The molecule has 6 nitrogen and oxygen atoms in total. The topological polar surface area (TPSA) is 78.9 Å². The van der Waals surface area contributed by atoms with Crippen molar-refractivity contribution in [3.8, 4) is 0 Å². The number of rotatable bonds is 31. The third-order valence-corrected chi connectivity index (χ3v) is 9.69. The first kappa shape index (κ1) is 41.6. The van der Waals surface area contributed by atoms with Gasteiger partial charge in [0.1, 0.15) is 25.1 Å². The van der Waals surface area contributed by atoms with E-state index in [-0.39, 0.29) is 42.7 Å². The summed E-state index contributed by atoms with van der Waals surface area (Å²) in [5.41, 5.74) is 0. The summed E-state index contributed by atoms with van der Waals surface area (Å²) < 4.78 is 18.1. The molecule has 264 valence electrons. The molecule has 0 aromatic carbocycles. The van der Waals surface area contributed by atoms with Gasteiger partial charge >= 0.3 is 11.9 Å². The second-order valence-corrected chi connectivity index (χ2v) is 13.8. The van der Waals surface area contributed by atoms with Gasteiger partial charge in [-0.3, -0.25) is 9.59 Å². The van der Waals surface area contributed by atoms with Gasteiger partial charge in [-0.2, -0.15) is 0 Å². The molecule has 0 radical (unpaired) electrons. The molecule has 45 heavy (non-hydrogen) atoms. The van der Waals surface area contributed by atoms with Crippen molar-refractivity contribution in [2.75, 3.05) is 13.2 Å². The van der Waals surface area contributed by atoms with Gasteiger partial charge in [-0.15, -0.1) is 0 Å². The van der Waals surface area contributed by atoms with Crippen LogP contribution in [0.3, 0.4) is 0 Å². The minimum atomic E-state index is -0.556. The van der Waals surface area contributed by atoms with E-state index in [9.17, 15) is 14.4 Å². The molecule has 0 saturated carbocycles. The Bertz CT molecular complexity index is 724. The lowest BCUT2D eigenvalue weighted by atomic mass is 9.93. The lowest BCUT2D eigenvalue weighted by Gasteiger charge is -2.26. The molecule has 0 spiro atoms. The van der Waals surface area contributed by atoms with Gasteiger partial charge in [0.25, 0.3) is 0 Å². The Hall–Kier alpha value is -1.43. The molecule has 5 atom stereocenters. The van der Waals surface area contributed by atoms with E-state index in [2.05, 4.69) is 27.7 Å². The van der Waals surface area contributed by atoms with Crippen LogP contribution >= 0.6 is 0 Å². The summed E-state index contributed by atoms with van der Waals surface area (Å²) >= 11 is 0. The molecule has 1 saturated heterocycles. The van der Waals surface area contributed by atoms with Gasteiger partial charge in [-0.1, -0.05) is 156 Å². The quantitative estimate of drug-likeness (QED) is 0.0428. The molecular weight excluding hydrogens is 564 g/mol. The number of ether oxygens (including phenoxy) is 3. The minimum Gasteiger partial charge on any atom is -0.463 e. The third-order valence-electron chi connectivity index (χ3n) is 9.69. The molecule has 1 aliphatic heterocycles. The lowest BCUT2D eigenvalue weighted by Crippen LogP contribution is -2.38. The number of hydrogen-bond donors (Lipinski definition) is 0. The summed E-state index contributed by atoms with van der Waals surface area (Å²) in [6, 6.07) is 0. The molecule has 0 aromatic rings. The minimum absolute atomic E-state index is 0.0761. The van der Waals surface area contributed by atoms with Crippen LogP contribution in [0, 0.1) is 17.8 Å². The van der Waals surface area contributed by atoms with Gasteiger partial charge in [-0.25, -0.2) is 0 Å². The lowest BCUT2D eigenvalue weighted by molar-refractivity contribution is -0.164. The molecule has 0 aliphatic carbocycles. The van der Waals surface area contributed by atoms with Crippen LogP contribution in [0.15, 0.2) is 0 Å². The highest BCUT2D eigenvalue weighted by Crippen LogP contribution is 2.30. The molecule has 0 N–H and O–H groups in total. The summed E-state index contributed by atoms with van der Waals surface area (Å²) in [6.07, 6.45) is 27.0. The van der Waals surface area contributed by atoms with Gasteiger partial charge in [0.05, 0.1) is 18.4 Å². The van der Waals surface area contributed by atoms with Crippen LogP contribution in [0.5, 0.6) is 0 Å². The second kappa shape index (κ2) is 28.8. The highest BCUT2D eigenvalue weighted by Gasteiger charge is 2.42. The first-order valence-corrected chi connectivity index (χ1v) is 19.4. The molecule has 1 aliphatic rings. The Balaban J connectivity index is 2.79. The maximum Gasteiger partial charge on any atom is 0.309 e. The molecule has 3 unspecified atom stereocenters. The number of carbonyl (C=O) groups excluding carboxylic acids is 3. The normalized spacial score (nSPS) is 19.3. The van der Waals surface area contributed by atoms with E-state index in [1.807, 2.05) is 0 Å². The largest absolute Gasteiger partial charge is 0.463 e. The number of aldehydes is 1. The van der Waals surface area contributed by atoms with Gasteiger partial charge in [0.2, 0.25) is 0 Å². The molecular formula is C39H72O6. The van der Waals surface area contributed by atoms with Crippen LogP contribution in [-0.4, -0.2) is 43.6 Å². The summed E-state index contributed by atoms with van der Waals surface area (Å²) in [6.45, 7) is 9.28. The van der Waals surface area contributed by atoms with Crippen LogP contribution in [0.25, 0.3) is 0 Å². The highest BCUT2D eigenvalue weighted by atomic mass is 16.6. The number of unbranched alkanes of at least 4 members (excludes halogenated alkanes) is 16. The van der Waals surface area contributed by atoms with Crippen molar-refractivity contribution >= 4 is 18.2 Å². The predicted octanol–water partition coefficient (Wildman–Crippen LogP) is 10.7. The van der Waals surface area contributed by atoms with E-state index in [1.165, 1.54) is 70.6 Å². The monoisotopic (exact) mass is 637 g/mol. The van der Waals surface area contributed by atoms with Crippen LogP contribution in [-0.2, 0) is 28.6 Å². The zero-order valence-electron chi connectivity index (χ0n) is 30.0. The Labute approximate surface area is 277 Å². The fraction of sp³-hybridized carbons (Fsp3) is 0.923. The first-order valence-electron chi connectivity index (χ1n) is 19.4. The maximum atomic E-state index is 13.6. The summed E-state index contributed by atoms with van der Waals surface area (Å²) in [4.78, 5) is 38.4. The molecule has 1 rings (SSSR count). The van der Waals surface area contributed by atoms with Crippen LogP contribution in [0.1, 0.15) is 188 Å². The summed E-state index contributed by atoms with van der Waals surface area (Å²) in [5.74, 6) is -0.730. The average Bonchev–Trinajstić information content (AvgIpc) is 3.41. The van der Waals surface area contributed by atoms with Crippen molar-refractivity contribution in [1.82, 2.24) is 0 Å². The predicted molar refractivity (Wildman–Crippen MR) is 185 cm³/mol. The molecule has 0 amide bonds. The fourth-order valence-corrected chi connectivity index (χ4v) is 6.63. The van der Waals surface area contributed by atoms with Crippen LogP contribution in [0.4, 0.5) is 0 Å². The van der Waals surface area contributed by atoms with E-state index in [0.29, 0.717) is 6.61 Å². The van der Waals surface area contributed by atoms with Crippen LogP contribution < -0.4 is 0 Å². The van der Waals surface area contributed by atoms with Gasteiger partial charge in [-0.05, 0) is 25.7 Å². The smallest absolute Gasteiger partial charge is 0.309 e. The zero-order valence-corrected chi connectivity index (χ0v) is 30.0. The SMILES string of the molecule is CCCCCCCCC(CCCCCC)C(=O)OC[C@H]1OCC(CC=O)[C@@H]1OC(=O)C(CCCCCC)CCCCCCCC. The fourth-order valence-electron chi connectivity index (χ4n) is 6.63.